The van der Waals surface area contributed by atoms with Crippen LogP contribution in [0.3, 0.4) is 0 Å². The maximum atomic E-state index is 12.8. The molecular weight excluding hydrogens is 410 g/mol. The van der Waals surface area contributed by atoms with E-state index in [4.69, 9.17) is 4.74 Å². The van der Waals surface area contributed by atoms with Crippen molar-refractivity contribution in [1.29, 1.82) is 0 Å². The average Bonchev–Trinajstić information content (AvgIpc) is 3.57. The first-order valence-corrected chi connectivity index (χ1v) is 11.2. The first kappa shape index (κ1) is 21.2. The zero-order chi connectivity index (χ0) is 22.0. The van der Waals surface area contributed by atoms with E-state index in [2.05, 4.69) is 15.6 Å². The number of carbonyl (C=O) groups is 2. The van der Waals surface area contributed by atoms with Gasteiger partial charge in [-0.3, -0.25) is 9.59 Å². The van der Waals surface area contributed by atoms with E-state index in [9.17, 15) is 9.59 Å². The van der Waals surface area contributed by atoms with Gasteiger partial charge in [-0.2, -0.15) is 0 Å². The number of rotatable bonds is 7. The number of carbonyl (C=O) groups excluding carboxylic acids is 2. The highest BCUT2D eigenvalue weighted by Gasteiger charge is 2.25. The van der Waals surface area contributed by atoms with Crippen LogP contribution in [0.5, 0.6) is 5.75 Å². The number of para-hydroxylation sites is 1. The van der Waals surface area contributed by atoms with Crippen molar-refractivity contribution in [2.75, 3.05) is 12.4 Å². The Morgan fingerprint density at radius 2 is 1.94 bits per heavy atom. The summed E-state index contributed by atoms with van der Waals surface area (Å²) in [7, 11) is 1.58. The van der Waals surface area contributed by atoms with Crippen LogP contribution in [0.25, 0.3) is 10.9 Å². The molecule has 1 unspecified atom stereocenters. The molecule has 7 heteroatoms. The molecule has 1 saturated carbocycles. The molecule has 0 bridgehead atoms. The van der Waals surface area contributed by atoms with Gasteiger partial charge in [-0.05, 0) is 56.5 Å². The van der Waals surface area contributed by atoms with Crippen LogP contribution in [-0.4, -0.2) is 35.2 Å². The quantitative estimate of drug-likeness (QED) is 0.532. The number of fused-ring (bicyclic) bond motifs is 1. The van der Waals surface area contributed by atoms with Gasteiger partial charge in [0.15, 0.2) is 0 Å². The normalized spacial score (nSPS) is 14.2. The predicted molar refractivity (Wildman–Crippen MR) is 124 cm³/mol. The van der Waals surface area contributed by atoms with Gasteiger partial charge in [0.2, 0.25) is 5.91 Å². The SMILES string of the molecule is COc1ccc(C)cc1NC(=O)C(C)Sc1cc(C(=O)NC2CC2)c2ccccc2n1. The number of hydrogen-bond donors (Lipinski definition) is 2. The van der Waals surface area contributed by atoms with Gasteiger partial charge in [-0.1, -0.05) is 36.0 Å². The highest BCUT2D eigenvalue weighted by Crippen LogP contribution is 2.30. The number of anilines is 1. The number of ether oxygens (including phenoxy) is 1. The predicted octanol–water partition coefficient (Wildman–Crippen LogP) is 4.56. The van der Waals surface area contributed by atoms with Gasteiger partial charge in [0.1, 0.15) is 5.75 Å². The van der Waals surface area contributed by atoms with Gasteiger partial charge in [0.25, 0.3) is 5.91 Å². The van der Waals surface area contributed by atoms with Gasteiger partial charge in [-0.25, -0.2) is 4.98 Å². The summed E-state index contributed by atoms with van der Waals surface area (Å²) in [5.41, 5.74) is 2.99. The summed E-state index contributed by atoms with van der Waals surface area (Å²) in [6, 6.07) is 15.3. The molecule has 0 saturated heterocycles. The fourth-order valence-corrected chi connectivity index (χ4v) is 4.14. The van der Waals surface area contributed by atoms with E-state index in [0.717, 1.165) is 29.3 Å². The molecule has 1 heterocycles. The van der Waals surface area contributed by atoms with Crippen LogP contribution >= 0.6 is 11.8 Å². The van der Waals surface area contributed by atoms with Crippen molar-refractivity contribution >= 4 is 40.2 Å². The van der Waals surface area contributed by atoms with Gasteiger partial charge in [-0.15, -0.1) is 0 Å². The van der Waals surface area contributed by atoms with Crippen LogP contribution in [0.15, 0.2) is 53.6 Å². The molecule has 0 aliphatic heterocycles. The molecule has 3 aromatic rings. The standard InChI is InChI=1S/C24H25N3O3S/c1-14-8-11-21(30-3)20(12-14)27-23(28)15(2)31-22-13-18(24(29)25-16-9-10-16)17-6-4-5-7-19(17)26-22/h4-8,11-13,15-16H,9-10H2,1-3H3,(H,25,29)(H,27,28). The molecule has 6 nitrogen and oxygen atoms in total. The van der Waals surface area contributed by atoms with Gasteiger partial charge in [0, 0.05) is 11.4 Å². The average molecular weight is 436 g/mol. The van der Waals surface area contributed by atoms with Crippen molar-refractivity contribution < 1.29 is 14.3 Å². The largest absolute Gasteiger partial charge is 0.495 e. The van der Waals surface area contributed by atoms with E-state index < -0.39 is 5.25 Å². The number of benzene rings is 2. The third-order valence-electron chi connectivity index (χ3n) is 5.13. The van der Waals surface area contributed by atoms with Crippen LogP contribution in [0.4, 0.5) is 5.69 Å². The number of nitrogens with zero attached hydrogens (tertiary/aromatic N) is 1. The summed E-state index contributed by atoms with van der Waals surface area (Å²) < 4.78 is 5.35. The summed E-state index contributed by atoms with van der Waals surface area (Å²) in [5.74, 6) is 0.358. The fourth-order valence-electron chi connectivity index (χ4n) is 3.28. The second-order valence-electron chi connectivity index (χ2n) is 7.73. The third kappa shape index (κ3) is 4.99. The molecule has 2 amide bonds. The van der Waals surface area contributed by atoms with Gasteiger partial charge < -0.3 is 15.4 Å². The maximum absolute atomic E-state index is 12.8. The molecule has 31 heavy (non-hydrogen) atoms. The van der Waals surface area contributed by atoms with Crippen molar-refractivity contribution in [3.05, 3.63) is 59.7 Å². The molecule has 1 atom stereocenters. The lowest BCUT2D eigenvalue weighted by molar-refractivity contribution is -0.115. The number of pyridine rings is 1. The minimum Gasteiger partial charge on any atom is -0.495 e. The van der Waals surface area contributed by atoms with Crippen LogP contribution < -0.4 is 15.4 Å². The van der Waals surface area contributed by atoms with E-state index >= 15 is 0 Å². The fraction of sp³-hybridized carbons (Fsp3) is 0.292. The molecule has 2 N–H and O–H groups in total. The van der Waals surface area contributed by atoms with Crippen molar-refractivity contribution in [2.24, 2.45) is 0 Å². The van der Waals surface area contributed by atoms with Crippen LogP contribution in [-0.2, 0) is 4.79 Å². The number of amides is 2. The van der Waals surface area contributed by atoms with Crippen LogP contribution in [0, 0.1) is 6.92 Å². The van der Waals surface area contributed by atoms with Crippen molar-refractivity contribution in [3.8, 4) is 5.75 Å². The van der Waals surface area contributed by atoms with Gasteiger partial charge in [0.05, 0.1) is 34.2 Å². The number of aryl methyl sites for hydroxylation is 1. The lowest BCUT2D eigenvalue weighted by Gasteiger charge is -2.15. The molecule has 1 aliphatic rings. The molecule has 2 aromatic carbocycles. The Hall–Kier alpha value is -3.06. The van der Waals surface area contributed by atoms with E-state index in [1.54, 1.807) is 13.2 Å². The number of methoxy groups -OCH3 is 1. The van der Waals surface area contributed by atoms with E-state index in [1.807, 2.05) is 56.3 Å². The van der Waals surface area contributed by atoms with E-state index in [1.165, 1.54) is 11.8 Å². The molecular formula is C24H25N3O3S. The zero-order valence-corrected chi connectivity index (χ0v) is 18.6. The van der Waals surface area contributed by atoms with E-state index in [0.29, 0.717) is 22.0 Å². The van der Waals surface area contributed by atoms with Crippen molar-refractivity contribution in [2.45, 2.75) is 43.0 Å². The second-order valence-corrected chi connectivity index (χ2v) is 9.09. The monoisotopic (exact) mass is 435 g/mol. The molecule has 4 rings (SSSR count). The van der Waals surface area contributed by atoms with Crippen molar-refractivity contribution in [3.63, 3.8) is 0 Å². The minimum atomic E-state index is -0.418. The Balaban J connectivity index is 1.55. The highest BCUT2D eigenvalue weighted by atomic mass is 32.2. The Morgan fingerprint density at radius 3 is 2.68 bits per heavy atom. The summed E-state index contributed by atoms with van der Waals surface area (Å²) in [4.78, 5) is 30.3. The number of nitrogens with one attached hydrogen (secondary N) is 2. The Labute approximate surface area is 185 Å². The highest BCUT2D eigenvalue weighted by molar-refractivity contribution is 8.00. The molecule has 1 aromatic heterocycles. The summed E-state index contributed by atoms with van der Waals surface area (Å²) in [6.45, 7) is 3.78. The lowest BCUT2D eigenvalue weighted by Crippen LogP contribution is -2.26. The maximum Gasteiger partial charge on any atom is 0.252 e. The Bertz CT molecular complexity index is 1140. The van der Waals surface area contributed by atoms with Gasteiger partial charge >= 0.3 is 0 Å². The zero-order valence-electron chi connectivity index (χ0n) is 17.8. The lowest BCUT2D eigenvalue weighted by atomic mass is 10.1. The molecule has 0 radical (unpaired) electrons. The van der Waals surface area contributed by atoms with E-state index in [-0.39, 0.29) is 17.9 Å². The first-order valence-electron chi connectivity index (χ1n) is 10.3. The molecule has 0 spiro atoms. The molecule has 160 valence electrons. The first-order chi connectivity index (χ1) is 14.9. The smallest absolute Gasteiger partial charge is 0.252 e. The molecule has 1 fully saturated rings. The number of hydrogen-bond acceptors (Lipinski definition) is 5. The Kier molecular flexibility index (Phi) is 6.13. The third-order valence-corrected chi connectivity index (χ3v) is 6.15. The second kappa shape index (κ2) is 8.98. The summed E-state index contributed by atoms with van der Waals surface area (Å²) >= 11 is 1.33. The summed E-state index contributed by atoms with van der Waals surface area (Å²) in [5, 5.41) is 7.02. The number of aromatic nitrogens is 1. The van der Waals surface area contributed by atoms with Crippen LogP contribution in [0.2, 0.25) is 0 Å². The molecule has 1 aliphatic carbocycles. The minimum absolute atomic E-state index is 0.0930. The van der Waals surface area contributed by atoms with Crippen LogP contribution in [0.1, 0.15) is 35.7 Å². The summed E-state index contributed by atoms with van der Waals surface area (Å²) in [6.07, 6.45) is 2.05. The topological polar surface area (TPSA) is 80.3 Å². The van der Waals surface area contributed by atoms with Crippen molar-refractivity contribution in [1.82, 2.24) is 10.3 Å². The number of thioether (sulfide) groups is 1. The Morgan fingerprint density at radius 1 is 1.16 bits per heavy atom.